The third-order valence-corrected chi connectivity index (χ3v) is 3.28. The Morgan fingerprint density at radius 2 is 1.04 bits per heavy atom. The van der Waals surface area contributed by atoms with Crippen molar-refractivity contribution in [3.8, 4) is 11.5 Å². The summed E-state index contributed by atoms with van der Waals surface area (Å²) in [7, 11) is 0. The second-order valence-corrected chi connectivity index (χ2v) is 5.14. The number of benzene rings is 2. The number of phenolic OH excluding ortho intramolecular Hbond substituents is 2. The number of halogens is 6. The molecular weight excluding hydrogens is 386 g/mol. The van der Waals surface area contributed by atoms with Gasteiger partial charge in [-0.25, -0.2) is 9.59 Å². The van der Waals surface area contributed by atoms with Gasteiger partial charge >= 0.3 is 24.3 Å². The van der Waals surface area contributed by atoms with Crippen molar-refractivity contribution in [1.82, 2.24) is 0 Å². The van der Waals surface area contributed by atoms with Crippen molar-refractivity contribution in [3.05, 3.63) is 58.7 Å². The minimum atomic E-state index is -4.79. The Labute approximate surface area is 146 Å². The van der Waals surface area contributed by atoms with Crippen LogP contribution >= 0.6 is 0 Å². The number of hydrogen-bond donors (Lipinski definition) is 2. The summed E-state index contributed by atoms with van der Waals surface area (Å²) in [5.74, 6) is -5.38. The largest absolute Gasteiger partial charge is 0.507 e. The number of carbonyl (C=O) groups is 2. The Morgan fingerprint density at radius 3 is 1.30 bits per heavy atom. The number of carbonyl (C=O) groups excluding carboxylic acids is 2. The summed E-state index contributed by atoms with van der Waals surface area (Å²) in [5.41, 5.74) is -4.10. The second-order valence-electron chi connectivity index (χ2n) is 5.14. The van der Waals surface area contributed by atoms with Gasteiger partial charge in [0.1, 0.15) is 22.6 Å². The van der Waals surface area contributed by atoms with Crippen LogP contribution in [0.2, 0.25) is 0 Å². The fraction of sp³-hybridized carbons (Fsp3) is 0.125. The van der Waals surface area contributed by atoms with Gasteiger partial charge in [-0.15, -0.1) is 0 Å². The third kappa shape index (κ3) is 4.49. The lowest BCUT2D eigenvalue weighted by molar-refractivity contribution is -0.138. The van der Waals surface area contributed by atoms with Crippen LogP contribution in [0.4, 0.5) is 26.3 Å². The molecule has 144 valence electrons. The Bertz CT molecular complexity index is 828. The Balaban J connectivity index is 2.22. The average Bonchev–Trinajstić information content (AvgIpc) is 2.52. The van der Waals surface area contributed by atoms with Crippen LogP contribution in [-0.2, 0) is 17.1 Å². The molecule has 0 aromatic heterocycles. The molecule has 0 heterocycles. The zero-order valence-corrected chi connectivity index (χ0v) is 12.9. The quantitative estimate of drug-likeness (QED) is 0.455. The van der Waals surface area contributed by atoms with Crippen LogP contribution in [0.1, 0.15) is 31.8 Å². The van der Waals surface area contributed by atoms with E-state index in [1.807, 2.05) is 0 Å². The van der Waals surface area contributed by atoms with E-state index in [0.29, 0.717) is 24.3 Å². The van der Waals surface area contributed by atoms with Gasteiger partial charge in [0, 0.05) is 0 Å². The highest BCUT2D eigenvalue weighted by molar-refractivity contribution is 6.04. The summed E-state index contributed by atoms with van der Waals surface area (Å²) in [6, 6.07) is 2.49. The molecule has 0 atom stereocenters. The fourth-order valence-corrected chi connectivity index (χ4v) is 1.96. The summed E-state index contributed by atoms with van der Waals surface area (Å²) in [6.45, 7) is 0. The fourth-order valence-electron chi connectivity index (χ4n) is 1.96. The van der Waals surface area contributed by atoms with Crippen molar-refractivity contribution in [1.29, 1.82) is 0 Å². The van der Waals surface area contributed by atoms with E-state index in [1.54, 1.807) is 0 Å². The van der Waals surface area contributed by atoms with Crippen LogP contribution < -0.4 is 0 Å². The summed E-state index contributed by atoms with van der Waals surface area (Å²) < 4.78 is 79.3. The van der Waals surface area contributed by atoms with Crippen molar-refractivity contribution >= 4 is 11.9 Å². The molecule has 2 N–H and O–H groups in total. The minimum Gasteiger partial charge on any atom is -0.507 e. The maximum atomic E-state index is 12.5. The molecule has 2 rings (SSSR count). The highest BCUT2D eigenvalue weighted by Gasteiger charge is 2.33. The first kappa shape index (κ1) is 20.1. The summed E-state index contributed by atoms with van der Waals surface area (Å²) in [6.07, 6.45) is -9.58. The van der Waals surface area contributed by atoms with Crippen LogP contribution in [0.25, 0.3) is 0 Å². The van der Waals surface area contributed by atoms with E-state index in [0.717, 1.165) is 0 Å². The van der Waals surface area contributed by atoms with Crippen molar-refractivity contribution in [2.45, 2.75) is 12.4 Å². The molecule has 2 aromatic carbocycles. The van der Waals surface area contributed by atoms with Crippen molar-refractivity contribution in [3.63, 3.8) is 0 Å². The highest BCUT2D eigenvalue weighted by Crippen LogP contribution is 2.34. The lowest BCUT2D eigenvalue weighted by atomic mass is 10.1. The van der Waals surface area contributed by atoms with Crippen LogP contribution in [0, 0.1) is 0 Å². The predicted octanol–water partition coefficient (Wildman–Crippen LogP) is 4.13. The normalized spacial score (nSPS) is 11.9. The molecular formula is C16H8F6O5. The zero-order valence-electron chi connectivity index (χ0n) is 12.9. The number of phenols is 2. The van der Waals surface area contributed by atoms with E-state index in [2.05, 4.69) is 4.74 Å². The molecule has 27 heavy (non-hydrogen) atoms. The van der Waals surface area contributed by atoms with Gasteiger partial charge in [0.05, 0.1) is 11.1 Å². The van der Waals surface area contributed by atoms with E-state index in [9.17, 15) is 46.1 Å². The first-order valence-corrected chi connectivity index (χ1v) is 6.87. The number of ether oxygens (including phenoxy) is 1. The molecule has 0 fully saturated rings. The molecule has 2 aromatic rings. The molecule has 11 heteroatoms. The molecule has 0 amide bonds. The van der Waals surface area contributed by atoms with E-state index < -0.39 is 58.0 Å². The van der Waals surface area contributed by atoms with Gasteiger partial charge in [-0.2, -0.15) is 26.3 Å². The number of alkyl halides is 6. The molecule has 5 nitrogen and oxygen atoms in total. The van der Waals surface area contributed by atoms with E-state index in [-0.39, 0.29) is 12.1 Å². The topological polar surface area (TPSA) is 83.8 Å². The first-order chi connectivity index (χ1) is 12.3. The summed E-state index contributed by atoms with van der Waals surface area (Å²) in [4.78, 5) is 23.6. The smallest absolute Gasteiger partial charge is 0.416 e. The van der Waals surface area contributed by atoms with Crippen LogP contribution in [0.3, 0.4) is 0 Å². The number of rotatable bonds is 2. The van der Waals surface area contributed by atoms with Crippen LogP contribution in [0.5, 0.6) is 11.5 Å². The molecule has 0 saturated carbocycles. The van der Waals surface area contributed by atoms with Crippen molar-refractivity contribution < 1.29 is 50.9 Å². The van der Waals surface area contributed by atoms with E-state index >= 15 is 0 Å². The number of esters is 2. The number of aromatic hydroxyl groups is 2. The maximum absolute atomic E-state index is 12.5. The molecule has 0 spiro atoms. The SMILES string of the molecule is O=C(OC(=O)c1ccc(C(F)(F)F)cc1O)c1ccc(C(F)(F)F)cc1O. The van der Waals surface area contributed by atoms with Gasteiger partial charge in [0.25, 0.3) is 0 Å². The summed E-state index contributed by atoms with van der Waals surface area (Å²) in [5, 5.41) is 19.0. The summed E-state index contributed by atoms with van der Waals surface area (Å²) >= 11 is 0. The maximum Gasteiger partial charge on any atom is 0.416 e. The van der Waals surface area contributed by atoms with Crippen molar-refractivity contribution in [2.75, 3.05) is 0 Å². The van der Waals surface area contributed by atoms with E-state index in [1.165, 1.54) is 0 Å². The molecule has 0 unspecified atom stereocenters. The van der Waals surface area contributed by atoms with E-state index in [4.69, 9.17) is 0 Å². The number of hydrogen-bond acceptors (Lipinski definition) is 5. The van der Waals surface area contributed by atoms with Gasteiger partial charge in [0.2, 0.25) is 0 Å². The van der Waals surface area contributed by atoms with Gasteiger partial charge in [-0.1, -0.05) is 0 Å². The first-order valence-electron chi connectivity index (χ1n) is 6.87. The lowest BCUT2D eigenvalue weighted by Crippen LogP contribution is -2.14. The monoisotopic (exact) mass is 394 g/mol. The standard InChI is InChI=1S/C16H8F6O5/c17-15(18,19)7-1-3-9(11(23)5-7)13(25)27-14(26)10-4-2-8(6-12(10)24)16(20,21)22/h1-6,23-24H. The van der Waals surface area contributed by atoms with Gasteiger partial charge < -0.3 is 14.9 Å². The molecule has 0 bridgehead atoms. The third-order valence-electron chi connectivity index (χ3n) is 3.28. The molecule has 0 radical (unpaired) electrons. The highest BCUT2D eigenvalue weighted by atomic mass is 19.4. The zero-order chi connectivity index (χ0) is 20.6. The molecule has 0 aliphatic heterocycles. The van der Waals surface area contributed by atoms with Crippen LogP contribution in [-0.4, -0.2) is 22.2 Å². The minimum absolute atomic E-state index is 0.233. The average molecular weight is 394 g/mol. The Hall–Kier alpha value is -3.24. The van der Waals surface area contributed by atoms with Gasteiger partial charge in [-0.05, 0) is 36.4 Å². The molecule has 0 saturated heterocycles. The van der Waals surface area contributed by atoms with Crippen molar-refractivity contribution in [2.24, 2.45) is 0 Å². The predicted molar refractivity (Wildman–Crippen MR) is 76.0 cm³/mol. The molecule has 0 aliphatic carbocycles. The second kappa shape index (κ2) is 6.82. The Kier molecular flexibility index (Phi) is 5.07. The van der Waals surface area contributed by atoms with Gasteiger partial charge in [-0.3, -0.25) is 0 Å². The Morgan fingerprint density at radius 1 is 0.704 bits per heavy atom. The van der Waals surface area contributed by atoms with Crippen LogP contribution in [0.15, 0.2) is 36.4 Å². The van der Waals surface area contributed by atoms with Gasteiger partial charge in [0.15, 0.2) is 0 Å². The molecule has 0 aliphatic rings. The lowest BCUT2D eigenvalue weighted by Gasteiger charge is -2.11.